The second kappa shape index (κ2) is 3.61. The van der Waals surface area contributed by atoms with Gasteiger partial charge in [0.15, 0.2) is 0 Å². The van der Waals surface area contributed by atoms with E-state index in [0.29, 0.717) is 6.29 Å². The number of carbonyl (C=O) groups excluding carboxylic acids is 1. The Morgan fingerprint density at radius 2 is 2.10 bits per heavy atom. The predicted octanol–water partition coefficient (Wildman–Crippen LogP) is 0.772. The van der Waals surface area contributed by atoms with Crippen LogP contribution in [0.3, 0.4) is 0 Å². The molecule has 0 aromatic rings. The Balaban J connectivity index is 4.30. The summed E-state index contributed by atoms with van der Waals surface area (Å²) in [5.74, 6) is -1.04. The lowest BCUT2D eigenvalue weighted by molar-refractivity contribution is -0.132. The maximum Gasteiger partial charge on any atom is 0.331 e. The molecular formula is C7H8O3. The molecule has 0 aromatic carbocycles. The molecule has 0 radical (unpaired) electrons. The maximum absolute atomic E-state index is 10.1. The van der Waals surface area contributed by atoms with E-state index in [9.17, 15) is 9.59 Å². The van der Waals surface area contributed by atoms with Crippen molar-refractivity contribution in [1.82, 2.24) is 0 Å². The molecule has 3 nitrogen and oxygen atoms in total. The Kier molecular flexibility index (Phi) is 3.11. The number of hydrogen-bond donors (Lipinski definition) is 1. The van der Waals surface area contributed by atoms with E-state index in [2.05, 4.69) is 6.58 Å². The van der Waals surface area contributed by atoms with E-state index >= 15 is 0 Å². The molecule has 3 heteroatoms. The Morgan fingerprint density at radius 3 is 2.40 bits per heavy atom. The average molecular weight is 140 g/mol. The fraction of sp³-hybridized carbons (Fsp3) is 0.143. The fourth-order valence-corrected chi connectivity index (χ4v) is 0.374. The molecule has 0 rings (SSSR count). The SMILES string of the molecule is C=C(C=O)/C=C(/C)C(=O)O. The van der Waals surface area contributed by atoms with E-state index in [-0.39, 0.29) is 11.1 Å². The summed E-state index contributed by atoms with van der Waals surface area (Å²) in [6.07, 6.45) is 1.72. The number of hydrogen-bond acceptors (Lipinski definition) is 2. The lowest BCUT2D eigenvalue weighted by Gasteiger charge is -1.89. The summed E-state index contributed by atoms with van der Waals surface area (Å²) in [5, 5.41) is 8.30. The highest BCUT2D eigenvalue weighted by molar-refractivity contribution is 5.89. The molecule has 0 aliphatic carbocycles. The minimum absolute atomic E-state index is 0.108. The van der Waals surface area contributed by atoms with Gasteiger partial charge in [0, 0.05) is 11.1 Å². The number of allylic oxidation sites excluding steroid dienone is 2. The summed E-state index contributed by atoms with van der Waals surface area (Å²) < 4.78 is 0. The number of carboxylic acids is 1. The first-order chi connectivity index (χ1) is 4.57. The molecule has 0 atom stereocenters. The van der Waals surface area contributed by atoms with Gasteiger partial charge in [0.1, 0.15) is 6.29 Å². The van der Waals surface area contributed by atoms with Gasteiger partial charge in [0.2, 0.25) is 0 Å². The van der Waals surface area contributed by atoms with Gasteiger partial charge in [-0.3, -0.25) is 4.79 Å². The first-order valence-corrected chi connectivity index (χ1v) is 2.63. The topological polar surface area (TPSA) is 54.4 Å². The summed E-state index contributed by atoms with van der Waals surface area (Å²) in [6, 6.07) is 0. The highest BCUT2D eigenvalue weighted by Gasteiger charge is 1.98. The Morgan fingerprint density at radius 1 is 1.60 bits per heavy atom. The number of carbonyl (C=O) groups is 2. The molecule has 0 heterocycles. The van der Waals surface area contributed by atoms with Crippen LogP contribution in [0.25, 0.3) is 0 Å². The molecule has 0 aliphatic rings. The van der Waals surface area contributed by atoms with Crippen molar-refractivity contribution >= 4 is 12.3 Å². The third-order valence-electron chi connectivity index (χ3n) is 0.891. The zero-order chi connectivity index (χ0) is 8.15. The van der Waals surface area contributed by atoms with Crippen molar-refractivity contribution in [3.8, 4) is 0 Å². The molecule has 54 valence electrons. The molecule has 0 aromatic heterocycles. The van der Waals surface area contributed by atoms with Crippen LogP contribution < -0.4 is 0 Å². The standard InChI is InChI=1S/C7H8O3/c1-5(4-8)3-6(2)7(9)10/h3-4H,1H2,2H3,(H,9,10)/b6-3-. The lowest BCUT2D eigenvalue weighted by atomic mass is 10.2. The van der Waals surface area contributed by atoms with E-state index in [1.54, 1.807) is 0 Å². The Labute approximate surface area is 58.7 Å². The minimum Gasteiger partial charge on any atom is -0.478 e. The normalized spacial score (nSPS) is 10.7. The van der Waals surface area contributed by atoms with Crippen molar-refractivity contribution in [3.05, 3.63) is 23.8 Å². The monoisotopic (exact) mass is 140 g/mol. The molecule has 10 heavy (non-hydrogen) atoms. The van der Waals surface area contributed by atoms with Gasteiger partial charge in [-0.1, -0.05) is 6.58 Å². The quantitative estimate of drug-likeness (QED) is 0.358. The summed E-state index contributed by atoms with van der Waals surface area (Å²) in [6.45, 7) is 4.69. The van der Waals surface area contributed by atoms with Crippen LogP contribution in [0, 0.1) is 0 Å². The van der Waals surface area contributed by atoms with Crippen LogP contribution in [-0.2, 0) is 9.59 Å². The molecule has 0 spiro atoms. The smallest absolute Gasteiger partial charge is 0.331 e. The zero-order valence-corrected chi connectivity index (χ0v) is 5.63. The van der Waals surface area contributed by atoms with Crippen LogP contribution in [0.2, 0.25) is 0 Å². The molecule has 0 unspecified atom stereocenters. The summed E-state index contributed by atoms with van der Waals surface area (Å²) in [7, 11) is 0. The highest BCUT2D eigenvalue weighted by atomic mass is 16.4. The first kappa shape index (κ1) is 8.62. The van der Waals surface area contributed by atoms with Gasteiger partial charge in [0.25, 0.3) is 0 Å². The van der Waals surface area contributed by atoms with E-state index in [0.717, 1.165) is 0 Å². The molecule has 1 N–H and O–H groups in total. The number of carboxylic acid groups (broad SMARTS) is 1. The molecular weight excluding hydrogens is 132 g/mol. The first-order valence-electron chi connectivity index (χ1n) is 2.63. The largest absolute Gasteiger partial charge is 0.478 e. The van der Waals surface area contributed by atoms with Crippen molar-refractivity contribution in [2.45, 2.75) is 6.92 Å². The summed E-state index contributed by atoms with van der Waals surface area (Å²) >= 11 is 0. The number of rotatable bonds is 3. The number of aliphatic carboxylic acids is 1. The van der Waals surface area contributed by atoms with E-state index in [4.69, 9.17) is 5.11 Å². The van der Waals surface area contributed by atoms with E-state index in [1.165, 1.54) is 13.0 Å². The number of aldehydes is 1. The molecule has 0 saturated carbocycles. The van der Waals surface area contributed by atoms with Crippen LogP contribution >= 0.6 is 0 Å². The maximum atomic E-state index is 10.1. The van der Waals surface area contributed by atoms with Gasteiger partial charge in [-0.25, -0.2) is 4.79 Å². The van der Waals surface area contributed by atoms with Crippen LogP contribution in [0.1, 0.15) is 6.92 Å². The van der Waals surface area contributed by atoms with Crippen LogP contribution in [0.4, 0.5) is 0 Å². The van der Waals surface area contributed by atoms with Gasteiger partial charge in [-0.2, -0.15) is 0 Å². The zero-order valence-electron chi connectivity index (χ0n) is 5.63. The molecule has 0 amide bonds. The highest BCUT2D eigenvalue weighted by Crippen LogP contribution is 1.96. The summed E-state index contributed by atoms with van der Waals surface area (Å²) in [5.41, 5.74) is 0.275. The lowest BCUT2D eigenvalue weighted by Crippen LogP contribution is -1.96. The Bertz CT molecular complexity index is 201. The van der Waals surface area contributed by atoms with Crippen molar-refractivity contribution in [3.63, 3.8) is 0 Å². The van der Waals surface area contributed by atoms with Gasteiger partial charge in [0.05, 0.1) is 0 Å². The third-order valence-corrected chi connectivity index (χ3v) is 0.891. The van der Waals surface area contributed by atoms with Crippen LogP contribution in [-0.4, -0.2) is 17.4 Å². The van der Waals surface area contributed by atoms with Gasteiger partial charge >= 0.3 is 5.97 Å². The van der Waals surface area contributed by atoms with E-state index in [1.807, 2.05) is 0 Å². The third kappa shape index (κ3) is 2.81. The molecule has 0 saturated heterocycles. The molecule has 0 fully saturated rings. The summed E-state index contributed by atoms with van der Waals surface area (Å²) in [4.78, 5) is 20.1. The van der Waals surface area contributed by atoms with Gasteiger partial charge in [-0.15, -0.1) is 0 Å². The van der Waals surface area contributed by atoms with Crippen molar-refractivity contribution in [2.75, 3.05) is 0 Å². The van der Waals surface area contributed by atoms with Crippen LogP contribution in [0.5, 0.6) is 0 Å². The van der Waals surface area contributed by atoms with Crippen molar-refractivity contribution in [1.29, 1.82) is 0 Å². The van der Waals surface area contributed by atoms with Crippen molar-refractivity contribution in [2.24, 2.45) is 0 Å². The second-order valence-electron chi connectivity index (χ2n) is 1.83. The fourth-order valence-electron chi connectivity index (χ4n) is 0.374. The molecule has 0 aliphatic heterocycles. The van der Waals surface area contributed by atoms with Gasteiger partial charge in [-0.05, 0) is 13.0 Å². The van der Waals surface area contributed by atoms with Gasteiger partial charge < -0.3 is 5.11 Å². The minimum atomic E-state index is -1.04. The average Bonchev–Trinajstić information content (AvgIpc) is 1.87. The van der Waals surface area contributed by atoms with Crippen LogP contribution in [0.15, 0.2) is 23.8 Å². The predicted molar refractivity (Wildman–Crippen MR) is 36.6 cm³/mol. The molecule has 0 bridgehead atoms. The van der Waals surface area contributed by atoms with E-state index < -0.39 is 5.97 Å². The second-order valence-corrected chi connectivity index (χ2v) is 1.83. The van der Waals surface area contributed by atoms with Crippen molar-refractivity contribution < 1.29 is 14.7 Å². The Hall–Kier alpha value is -1.38.